The zero-order chi connectivity index (χ0) is 14.5. The Bertz CT molecular complexity index is 443. The molecule has 0 radical (unpaired) electrons. The molecule has 0 saturated carbocycles. The second-order valence-electron chi connectivity index (χ2n) is 5.19. The molecule has 1 aliphatic rings. The molecule has 1 N–H and O–H groups in total. The minimum absolute atomic E-state index is 0.0616. The van der Waals surface area contributed by atoms with E-state index in [2.05, 4.69) is 17.0 Å². The van der Waals surface area contributed by atoms with Gasteiger partial charge in [0.25, 0.3) is 0 Å². The number of furan rings is 1. The number of nitrogens with one attached hydrogen (secondary N) is 1. The van der Waals surface area contributed by atoms with Crippen molar-refractivity contribution in [1.82, 2.24) is 5.32 Å². The van der Waals surface area contributed by atoms with Crippen molar-refractivity contribution in [2.45, 2.75) is 38.8 Å². The molecule has 1 saturated heterocycles. The lowest BCUT2D eigenvalue weighted by molar-refractivity contribution is 0.0562. The Morgan fingerprint density at radius 3 is 3.05 bits per heavy atom. The van der Waals surface area contributed by atoms with Crippen molar-refractivity contribution in [3.8, 4) is 0 Å². The average molecular weight is 281 g/mol. The standard InChI is InChI=1S/C15H23NO4/c1-4-12-11(7-8-19-12)9-16-10(2)13-5-6-14(20-13)15(17)18-3/h5-6,10-12,16H,4,7-9H2,1-3H3. The van der Waals surface area contributed by atoms with E-state index in [9.17, 15) is 4.79 Å². The van der Waals surface area contributed by atoms with Gasteiger partial charge in [0, 0.05) is 13.2 Å². The van der Waals surface area contributed by atoms with Crippen molar-refractivity contribution in [1.29, 1.82) is 0 Å². The van der Waals surface area contributed by atoms with Crippen LogP contribution in [0.1, 0.15) is 49.0 Å². The fourth-order valence-electron chi connectivity index (χ4n) is 2.60. The summed E-state index contributed by atoms with van der Waals surface area (Å²) < 4.78 is 15.8. The molecule has 1 aliphatic heterocycles. The molecule has 3 atom stereocenters. The van der Waals surface area contributed by atoms with Gasteiger partial charge in [0.2, 0.25) is 5.76 Å². The van der Waals surface area contributed by atoms with E-state index in [1.54, 1.807) is 6.07 Å². The van der Waals surface area contributed by atoms with Crippen LogP contribution in [0.4, 0.5) is 0 Å². The van der Waals surface area contributed by atoms with Gasteiger partial charge in [0.1, 0.15) is 5.76 Å². The Balaban J connectivity index is 1.87. The van der Waals surface area contributed by atoms with Crippen LogP contribution in [-0.2, 0) is 9.47 Å². The van der Waals surface area contributed by atoms with Crippen LogP contribution in [0.3, 0.4) is 0 Å². The maximum atomic E-state index is 11.3. The van der Waals surface area contributed by atoms with E-state index in [1.165, 1.54) is 7.11 Å². The maximum absolute atomic E-state index is 11.3. The number of esters is 1. The number of ether oxygens (including phenoxy) is 2. The summed E-state index contributed by atoms with van der Waals surface area (Å²) in [5.41, 5.74) is 0. The fourth-order valence-corrected chi connectivity index (χ4v) is 2.60. The van der Waals surface area contributed by atoms with Crippen LogP contribution >= 0.6 is 0 Å². The van der Waals surface area contributed by atoms with Gasteiger partial charge < -0.3 is 19.2 Å². The minimum atomic E-state index is -0.446. The number of rotatable bonds is 6. The van der Waals surface area contributed by atoms with E-state index in [1.807, 2.05) is 13.0 Å². The van der Waals surface area contributed by atoms with Gasteiger partial charge in [-0.2, -0.15) is 0 Å². The first-order chi connectivity index (χ1) is 9.65. The largest absolute Gasteiger partial charge is 0.463 e. The van der Waals surface area contributed by atoms with Crippen molar-refractivity contribution in [3.63, 3.8) is 0 Å². The van der Waals surface area contributed by atoms with Crippen LogP contribution in [0.2, 0.25) is 0 Å². The SMILES string of the molecule is CCC1OCCC1CNC(C)c1ccc(C(=O)OC)o1. The number of carbonyl (C=O) groups is 1. The van der Waals surface area contributed by atoms with E-state index >= 15 is 0 Å². The van der Waals surface area contributed by atoms with Crippen molar-refractivity contribution in [3.05, 3.63) is 23.7 Å². The zero-order valence-electron chi connectivity index (χ0n) is 12.3. The van der Waals surface area contributed by atoms with Gasteiger partial charge in [0.05, 0.1) is 19.3 Å². The normalized spacial score (nSPS) is 23.8. The monoisotopic (exact) mass is 281 g/mol. The van der Waals surface area contributed by atoms with Crippen LogP contribution in [0.15, 0.2) is 16.5 Å². The summed E-state index contributed by atoms with van der Waals surface area (Å²) in [6.07, 6.45) is 2.51. The number of hydrogen-bond donors (Lipinski definition) is 1. The highest BCUT2D eigenvalue weighted by atomic mass is 16.5. The molecular weight excluding hydrogens is 258 g/mol. The van der Waals surface area contributed by atoms with Gasteiger partial charge in [-0.1, -0.05) is 6.92 Å². The highest BCUT2D eigenvalue weighted by molar-refractivity contribution is 5.86. The molecule has 112 valence electrons. The third-order valence-electron chi connectivity index (χ3n) is 3.88. The first-order valence-electron chi connectivity index (χ1n) is 7.18. The molecule has 0 spiro atoms. The molecular formula is C15H23NO4. The first-order valence-corrected chi connectivity index (χ1v) is 7.18. The predicted octanol–water partition coefficient (Wildman–Crippen LogP) is 2.53. The first kappa shape index (κ1) is 15.1. The van der Waals surface area contributed by atoms with Crippen LogP contribution < -0.4 is 5.32 Å². The van der Waals surface area contributed by atoms with Crippen molar-refractivity contribution >= 4 is 5.97 Å². The predicted molar refractivity (Wildman–Crippen MR) is 74.6 cm³/mol. The molecule has 20 heavy (non-hydrogen) atoms. The quantitative estimate of drug-likeness (QED) is 0.812. The Hall–Kier alpha value is -1.33. The van der Waals surface area contributed by atoms with Gasteiger partial charge in [-0.15, -0.1) is 0 Å². The van der Waals surface area contributed by atoms with E-state index in [-0.39, 0.29) is 11.8 Å². The number of hydrogen-bond acceptors (Lipinski definition) is 5. The third-order valence-corrected chi connectivity index (χ3v) is 3.88. The van der Waals surface area contributed by atoms with Crippen molar-refractivity contribution in [2.75, 3.05) is 20.3 Å². The summed E-state index contributed by atoms with van der Waals surface area (Å²) in [6, 6.07) is 3.52. The Morgan fingerprint density at radius 2 is 2.35 bits per heavy atom. The highest BCUT2D eigenvalue weighted by Gasteiger charge is 2.27. The maximum Gasteiger partial charge on any atom is 0.373 e. The second-order valence-corrected chi connectivity index (χ2v) is 5.19. The molecule has 3 unspecified atom stereocenters. The van der Waals surface area contributed by atoms with Crippen molar-refractivity contribution < 1.29 is 18.7 Å². The van der Waals surface area contributed by atoms with Crippen LogP contribution in [0.25, 0.3) is 0 Å². The third kappa shape index (κ3) is 3.41. The molecule has 0 amide bonds. The van der Waals surface area contributed by atoms with Gasteiger partial charge in [0.15, 0.2) is 0 Å². The van der Waals surface area contributed by atoms with Gasteiger partial charge in [-0.05, 0) is 37.8 Å². The van der Waals surface area contributed by atoms with Crippen LogP contribution in [0.5, 0.6) is 0 Å². The molecule has 0 aromatic carbocycles. The van der Waals surface area contributed by atoms with Crippen LogP contribution in [0, 0.1) is 5.92 Å². The molecule has 1 fully saturated rings. The summed E-state index contributed by atoms with van der Waals surface area (Å²) in [7, 11) is 1.34. The lowest BCUT2D eigenvalue weighted by Crippen LogP contribution is -2.30. The molecule has 0 bridgehead atoms. The van der Waals surface area contributed by atoms with Crippen LogP contribution in [-0.4, -0.2) is 32.3 Å². The summed E-state index contributed by atoms with van der Waals surface area (Å²) in [4.78, 5) is 11.3. The molecule has 2 rings (SSSR count). The van der Waals surface area contributed by atoms with Gasteiger partial charge in [-0.25, -0.2) is 4.79 Å². The van der Waals surface area contributed by atoms with Gasteiger partial charge in [-0.3, -0.25) is 0 Å². The van der Waals surface area contributed by atoms with E-state index < -0.39 is 5.97 Å². The summed E-state index contributed by atoms with van der Waals surface area (Å²) >= 11 is 0. The minimum Gasteiger partial charge on any atom is -0.463 e. The zero-order valence-corrected chi connectivity index (χ0v) is 12.3. The van der Waals surface area contributed by atoms with Gasteiger partial charge >= 0.3 is 5.97 Å². The smallest absolute Gasteiger partial charge is 0.373 e. The van der Waals surface area contributed by atoms with E-state index in [4.69, 9.17) is 9.15 Å². The van der Waals surface area contributed by atoms with E-state index in [0.717, 1.165) is 31.8 Å². The Labute approximate surface area is 119 Å². The summed E-state index contributed by atoms with van der Waals surface area (Å²) in [5.74, 6) is 1.10. The number of methoxy groups -OCH3 is 1. The summed E-state index contributed by atoms with van der Waals surface area (Å²) in [5, 5.41) is 3.45. The molecule has 0 aliphatic carbocycles. The Morgan fingerprint density at radius 1 is 1.55 bits per heavy atom. The highest BCUT2D eigenvalue weighted by Crippen LogP contribution is 2.24. The lowest BCUT2D eigenvalue weighted by Gasteiger charge is -2.19. The lowest BCUT2D eigenvalue weighted by atomic mass is 9.99. The molecule has 1 aromatic heterocycles. The fraction of sp³-hybridized carbons (Fsp3) is 0.667. The van der Waals surface area contributed by atoms with Crippen molar-refractivity contribution in [2.24, 2.45) is 5.92 Å². The average Bonchev–Trinajstić information content (AvgIpc) is 3.12. The Kier molecular flexibility index (Phi) is 5.20. The molecule has 1 aromatic rings. The summed E-state index contributed by atoms with van der Waals surface area (Å²) in [6.45, 7) is 5.93. The molecule has 5 heteroatoms. The molecule has 2 heterocycles. The topological polar surface area (TPSA) is 60.7 Å². The molecule has 5 nitrogen and oxygen atoms in total. The van der Waals surface area contributed by atoms with E-state index in [0.29, 0.717) is 12.0 Å². The second kappa shape index (κ2) is 6.90. The number of carbonyl (C=O) groups excluding carboxylic acids is 1.